The van der Waals surface area contributed by atoms with Crippen LogP contribution in [0.3, 0.4) is 0 Å². The molecule has 0 aliphatic carbocycles. The minimum absolute atomic E-state index is 0.0158. The van der Waals surface area contributed by atoms with Crippen LogP contribution in [0.15, 0.2) is 18.2 Å². The predicted octanol–water partition coefficient (Wildman–Crippen LogP) is 2.59. The van der Waals surface area contributed by atoms with E-state index in [1.54, 1.807) is 0 Å². The van der Waals surface area contributed by atoms with Crippen molar-refractivity contribution in [1.29, 1.82) is 0 Å². The van der Waals surface area contributed by atoms with Crippen LogP contribution in [0.5, 0.6) is 0 Å². The van der Waals surface area contributed by atoms with Gasteiger partial charge in [0.15, 0.2) is 0 Å². The van der Waals surface area contributed by atoms with Gasteiger partial charge in [0.2, 0.25) is 0 Å². The van der Waals surface area contributed by atoms with E-state index in [9.17, 15) is 0 Å². The summed E-state index contributed by atoms with van der Waals surface area (Å²) in [5.41, 5.74) is 3.55. The maximum Gasteiger partial charge on any atom is 0.109 e. The molecular weight excluding hydrogens is 210 g/mol. The Kier molecular flexibility index (Phi) is 2.96. The first-order valence-corrected chi connectivity index (χ1v) is 6.14. The Hall–Kier alpha value is -1.35. The molecule has 17 heavy (non-hydrogen) atoms. The monoisotopic (exact) mass is 231 g/mol. The van der Waals surface area contributed by atoms with E-state index in [0.717, 1.165) is 17.8 Å². The van der Waals surface area contributed by atoms with Gasteiger partial charge in [0.1, 0.15) is 5.82 Å². The third-order valence-electron chi connectivity index (χ3n) is 3.64. The quantitative estimate of drug-likeness (QED) is 0.880. The van der Waals surface area contributed by atoms with E-state index in [4.69, 9.17) is 0 Å². The molecule has 0 aliphatic heterocycles. The fourth-order valence-electron chi connectivity index (χ4n) is 2.10. The van der Waals surface area contributed by atoms with Gasteiger partial charge in [-0.3, -0.25) is 0 Å². The highest BCUT2D eigenvalue weighted by atomic mass is 15.1. The molecule has 0 aliphatic rings. The van der Waals surface area contributed by atoms with Crippen molar-refractivity contribution >= 4 is 11.0 Å². The molecule has 0 saturated heterocycles. The zero-order chi connectivity index (χ0) is 12.6. The lowest BCUT2D eigenvalue weighted by molar-refractivity contribution is 0.445. The number of aromatic nitrogens is 2. The summed E-state index contributed by atoms with van der Waals surface area (Å²) in [6.45, 7) is 6.50. The zero-order valence-corrected chi connectivity index (χ0v) is 11.3. The van der Waals surface area contributed by atoms with E-state index in [0.29, 0.717) is 0 Å². The minimum Gasteiger partial charge on any atom is -0.331 e. The van der Waals surface area contributed by atoms with Crippen molar-refractivity contribution in [2.24, 2.45) is 7.05 Å². The van der Waals surface area contributed by atoms with Gasteiger partial charge >= 0.3 is 0 Å². The lowest BCUT2D eigenvalue weighted by Gasteiger charge is -2.24. The smallest absolute Gasteiger partial charge is 0.109 e. The molecular formula is C14H21N3. The van der Waals surface area contributed by atoms with Crippen molar-refractivity contribution in [2.45, 2.75) is 32.7 Å². The van der Waals surface area contributed by atoms with E-state index in [-0.39, 0.29) is 5.54 Å². The molecule has 0 fully saturated rings. The van der Waals surface area contributed by atoms with Gasteiger partial charge in [0, 0.05) is 19.0 Å². The van der Waals surface area contributed by atoms with Crippen LogP contribution in [-0.2, 0) is 19.0 Å². The van der Waals surface area contributed by atoms with Crippen molar-refractivity contribution in [2.75, 3.05) is 7.05 Å². The molecule has 0 amide bonds. The summed E-state index contributed by atoms with van der Waals surface area (Å²) in [4.78, 5) is 4.67. The number of nitrogens with zero attached hydrogens (tertiary/aromatic N) is 2. The average molecular weight is 231 g/mol. The second-order valence-electron chi connectivity index (χ2n) is 5.02. The summed E-state index contributed by atoms with van der Waals surface area (Å²) < 4.78 is 2.17. The summed E-state index contributed by atoms with van der Waals surface area (Å²) in [6, 6.07) is 6.53. The highest BCUT2D eigenvalue weighted by Crippen LogP contribution is 2.24. The second kappa shape index (κ2) is 4.15. The summed E-state index contributed by atoms with van der Waals surface area (Å²) in [7, 11) is 4.07. The van der Waals surface area contributed by atoms with Crippen molar-refractivity contribution in [3.8, 4) is 0 Å². The summed E-state index contributed by atoms with van der Waals surface area (Å²) in [6.07, 6.45) is 0.968. The number of imidazole rings is 1. The van der Waals surface area contributed by atoms with Crippen LogP contribution in [0.4, 0.5) is 0 Å². The fourth-order valence-corrected chi connectivity index (χ4v) is 2.10. The molecule has 0 radical (unpaired) electrons. The first kappa shape index (κ1) is 12.1. The van der Waals surface area contributed by atoms with Gasteiger partial charge in [-0.25, -0.2) is 4.98 Å². The largest absolute Gasteiger partial charge is 0.331 e. The third kappa shape index (κ3) is 1.95. The normalized spacial score (nSPS) is 12.3. The Morgan fingerprint density at radius 2 is 2.06 bits per heavy atom. The molecule has 0 atom stereocenters. The Morgan fingerprint density at radius 3 is 2.65 bits per heavy atom. The zero-order valence-electron chi connectivity index (χ0n) is 11.3. The van der Waals surface area contributed by atoms with Gasteiger partial charge in [-0.05, 0) is 38.6 Å². The molecule has 1 aromatic heterocycles. The lowest BCUT2D eigenvalue weighted by Crippen LogP contribution is -2.32. The number of hydrogen-bond donors (Lipinski definition) is 1. The summed E-state index contributed by atoms with van der Waals surface area (Å²) >= 11 is 0. The van der Waals surface area contributed by atoms with Crippen LogP contribution in [0, 0.1) is 0 Å². The van der Waals surface area contributed by atoms with Crippen molar-refractivity contribution in [1.82, 2.24) is 14.9 Å². The number of fused-ring (bicyclic) bond motifs is 1. The van der Waals surface area contributed by atoms with E-state index in [1.807, 2.05) is 7.05 Å². The molecule has 1 N–H and O–H groups in total. The van der Waals surface area contributed by atoms with E-state index >= 15 is 0 Å². The molecule has 1 heterocycles. The maximum atomic E-state index is 4.67. The molecule has 0 unspecified atom stereocenters. The fraction of sp³-hybridized carbons (Fsp3) is 0.500. The first-order chi connectivity index (χ1) is 7.99. The number of hydrogen-bond acceptors (Lipinski definition) is 2. The minimum atomic E-state index is -0.0158. The van der Waals surface area contributed by atoms with Gasteiger partial charge in [-0.2, -0.15) is 0 Å². The Morgan fingerprint density at radius 1 is 1.35 bits per heavy atom. The van der Waals surface area contributed by atoms with E-state index in [1.165, 1.54) is 11.1 Å². The standard InChI is InChI=1S/C14H21N3/c1-6-13-16-11-9-10(14(2,3)15-4)7-8-12(11)17(13)5/h7-9,15H,6H2,1-5H3. The van der Waals surface area contributed by atoms with Crippen LogP contribution in [-0.4, -0.2) is 16.6 Å². The van der Waals surface area contributed by atoms with Gasteiger partial charge in [0.05, 0.1) is 11.0 Å². The molecule has 0 spiro atoms. The Labute approximate surface area is 103 Å². The van der Waals surface area contributed by atoms with Crippen LogP contribution in [0.1, 0.15) is 32.2 Å². The molecule has 92 valence electrons. The van der Waals surface area contributed by atoms with Crippen LogP contribution < -0.4 is 5.32 Å². The Bertz CT molecular complexity index is 538. The SMILES string of the molecule is CCc1nc2cc(C(C)(C)NC)ccc2n1C. The number of benzene rings is 1. The lowest BCUT2D eigenvalue weighted by atomic mass is 9.94. The highest BCUT2D eigenvalue weighted by molar-refractivity contribution is 5.77. The van der Waals surface area contributed by atoms with E-state index < -0.39 is 0 Å². The highest BCUT2D eigenvalue weighted by Gasteiger charge is 2.18. The molecule has 1 aromatic carbocycles. The van der Waals surface area contributed by atoms with Crippen molar-refractivity contribution < 1.29 is 0 Å². The topological polar surface area (TPSA) is 29.9 Å². The van der Waals surface area contributed by atoms with Gasteiger partial charge in [-0.15, -0.1) is 0 Å². The molecule has 0 bridgehead atoms. The predicted molar refractivity (Wildman–Crippen MR) is 72.2 cm³/mol. The molecule has 3 nitrogen and oxygen atoms in total. The number of nitrogens with one attached hydrogen (secondary N) is 1. The van der Waals surface area contributed by atoms with Gasteiger partial charge in [0.25, 0.3) is 0 Å². The molecule has 3 heteroatoms. The third-order valence-corrected chi connectivity index (χ3v) is 3.64. The van der Waals surface area contributed by atoms with Gasteiger partial charge in [-0.1, -0.05) is 13.0 Å². The van der Waals surface area contributed by atoms with Gasteiger partial charge < -0.3 is 9.88 Å². The van der Waals surface area contributed by atoms with E-state index in [2.05, 4.69) is 60.9 Å². The molecule has 2 aromatic rings. The first-order valence-electron chi connectivity index (χ1n) is 6.14. The summed E-state index contributed by atoms with van der Waals surface area (Å²) in [5, 5.41) is 3.32. The average Bonchev–Trinajstić information content (AvgIpc) is 2.65. The number of aryl methyl sites for hydroxylation is 2. The second-order valence-corrected chi connectivity index (χ2v) is 5.02. The molecule has 2 rings (SSSR count). The van der Waals surface area contributed by atoms with Crippen molar-refractivity contribution in [3.63, 3.8) is 0 Å². The van der Waals surface area contributed by atoms with Crippen molar-refractivity contribution in [3.05, 3.63) is 29.6 Å². The van der Waals surface area contributed by atoms with Crippen LogP contribution in [0.2, 0.25) is 0 Å². The Balaban J connectivity index is 2.59. The summed E-state index contributed by atoms with van der Waals surface area (Å²) in [5.74, 6) is 1.14. The number of rotatable bonds is 3. The maximum absolute atomic E-state index is 4.67. The van der Waals surface area contributed by atoms with Crippen LogP contribution in [0.25, 0.3) is 11.0 Å². The van der Waals surface area contributed by atoms with Crippen LogP contribution >= 0.6 is 0 Å². The molecule has 0 saturated carbocycles.